The Balaban J connectivity index is 0.000000141. The number of methoxy groups -OCH3 is 1. The highest BCUT2D eigenvalue weighted by Gasteiger charge is 2.61. The number of nitrogens with zero attached hydrogens (tertiary/aromatic N) is 3. The smallest absolute Gasteiger partial charge is 0.407 e. The zero-order valence-electron chi connectivity index (χ0n) is 43.4. The summed E-state index contributed by atoms with van der Waals surface area (Å²) in [5, 5.41) is 6.84. The number of nitrogens with one attached hydrogen (secondary N) is 2. The molecule has 12 atom stereocenters. The van der Waals surface area contributed by atoms with E-state index in [-0.39, 0.29) is 131 Å². The normalized spacial score (nSPS) is 29.9. The maximum atomic E-state index is 12.7. The van der Waals surface area contributed by atoms with Gasteiger partial charge in [0, 0.05) is 49.7 Å². The molecule has 11 rings (SSSR count). The van der Waals surface area contributed by atoms with Gasteiger partial charge in [-0.1, -0.05) is 60.7 Å². The molecule has 9 aliphatic rings. The fourth-order valence-corrected chi connectivity index (χ4v) is 13.6. The summed E-state index contributed by atoms with van der Waals surface area (Å²) in [6.07, 6.45) is 14.8. The number of benzene rings is 2. The van der Waals surface area contributed by atoms with E-state index in [1.165, 1.54) is 20.8 Å². The van der Waals surface area contributed by atoms with Gasteiger partial charge in [-0.15, -0.1) is 0 Å². The topological polar surface area (TPSA) is 254 Å². The van der Waals surface area contributed by atoms with Crippen molar-refractivity contribution in [2.24, 2.45) is 71.0 Å². The second kappa shape index (κ2) is 23.0. The zero-order valence-corrected chi connectivity index (χ0v) is 44.2. The monoisotopic (exact) mass is 1070 g/mol. The Morgan fingerprint density at radius 3 is 1.36 bits per heavy atom. The van der Waals surface area contributed by atoms with E-state index >= 15 is 0 Å². The number of alkyl carbamates (subject to hydrolysis) is 1. The fraction of sp³-hybridized carbons (Fsp3) is 0.582. The van der Waals surface area contributed by atoms with Crippen molar-refractivity contribution >= 4 is 68.1 Å². The molecule has 0 spiro atoms. The van der Waals surface area contributed by atoms with Gasteiger partial charge in [-0.3, -0.25) is 48.0 Å². The van der Waals surface area contributed by atoms with Crippen molar-refractivity contribution < 1.29 is 70.2 Å². The summed E-state index contributed by atoms with van der Waals surface area (Å²) in [5.41, 5.74) is 0.111. The van der Waals surface area contributed by atoms with Crippen molar-refractivity contribution in [3.8, 4) is 0 Å². The molecule has 0 radical (unpaired) electrons. The number of anilines is 1. The summed E-state index contributed by atoms with van der Waals surface area (Å²) in [5.74, 6) is -0.0152. The summed E-state index contributed by atoms with van der Waals surface area (Å²) in [4.78, 5) is 90.8. The molecule has 6 aliphatic carbocycles. The van der Waals surface area contributed by atoms with Crippen LogP contribution < -0.4 is 10.6 Å². The molecule has 3 saturated carbocycles. The van der Waals surface area contributed by atoms with Crippen molar-refractivity contribution in [1.82, 2.24) is 20.0 Å². The molecule has 3 N–H and O–H groups in total. The van der Waals surface area contributed by atoms with Crippen LogP contribution in [0.5, 0.6) is 0 Å². The number of imide groups is 3. The first-order chi connectivity index (χ1) is 36.4. The number of allylic oxidation sites excluding steroid dienone is 6. The fourth-order valence-electron chi connectivity index (χ4n) is 12.9. The average Bonchev–Trinajstić information content (AvgIpc) is 4.44. The number of amides is 7. The Morgan fingerprint density at radius 2 is 0.934 bits per heavy atom. The number of hydrogen-bond acceptors (Lipinski definition) is 15. The van der Waals surface area contributed by atoms with Crippen molar-refractivity contribution in [3.63, 3.8) is 0 Å². The lowest BCUT2D eigenvalue weighted by Gasteiger charge is -2.21. The Kier molecular flexibility index (Phi) is 16.6. The van der Waals surface area contributed by atoms with Gasteiger partial charge in [-0.2, -0.15) is 8.42 Å². The number of hydrogen-bond donors (Lipinski definition) is 3. The molecule has 6 fully saturated rings. The lowest BCUT2D eigenvalue weighted by atomic mass is 9.85. The molecule has 0 aromatic heterocycles. The number of carbonyl (C=O) groups is 7. The quantitative estimate of drug-likeness (QED) is 0.0730. The summed E-state index contributed by atoms with van der Waals surface area (Å²) in [6.45, 7) is 10.2. The van der Waals surface area contributed by atoms with Crippen LogP contribution in [0.25, 0.3) is 10.8 Å². The number of rotatable bonds is 20. The molecule has 21 heteroatoms. The number of carbonyl (C=O) groups excluding carboxylic acids is 7. The minimum absolute atomic E-state index is 0.0140. The third-order valence-corrected chi connectivity index (χ3v) is 17.0. The molecule has 76 heavy (non-hydrogen) atoms. The first kappa shape index (κ1) is 54.9. The largest absolute Gasteiger partial charge is 0.444 e. The average molecular weight is 1070 g/mol. The number of ether oxygens (including phenoxy) is 5. The molecule has 2 aromatic rings. The van der Waals surface area contributed by atoms with Crippen LogP contribution in [0.1, 0.15) is 40.0 Å². The van der Waals surface area contributed by atoms with Crippen LogP contribution in [-0.4, -0.2) is 161 Å². The molecular weight excluding hydrogens is 1000 g/mol. The van der Waals surface area contributed by atoms with Crippen LogP contribution in [0, 0.1) is 71.0 Å². The highest BCUT2D eigenvalue weighted by Crippen LogP contribution is 2.54. The van der Waals surface area contributed by atoms with E-state index in [1.54, 1.807) is 58.2 Å². The summed E-state index contributed by atoms with van der Waals surface area (Å²) >= 11 is 0. The van der Waals surface area contributed by atoms with E-state index in [9.17, 15) is 46.5 Å². The van der Waals surface area contributed by atoms with E-state index in [2.05, 4.69) is 47.1 Å². The van der Waals surface area contributed by atoms with Crippen molar-refractivity contribution in [2.45, 2.75) is 50.5 Å². The van der Waals surface area contributed by atoms with Gasteiger partial charge in [0.2, 0.25) is 35.4 Å². The summed E-state index contributed by atoms with van der Waals surface area (Å²) < 4.78 is 58.8. The Bertz CT molecular complexity index is 2700. The summed E-state index contributed by atoms with van der Waals surface area (Å²) in [7, 11) is -2.71. The van der Waals surface area contributed by atoms with E-state index in [0.717, 1.165) is 19.3 Å². The third-order valence-electron chi connectivity index (χ3n) is 16.1. The maximum Gasteiger partial charge on any atom is 0.407 e. The molecule has 3 heterocycles. The van der Waals surface area contributed by atoms with Crippen molar-refractivity contribution in [1.29, 1.82) is 0 Å². The van der Waals surface area contributed by atoms with Gasteiger partial charge in [0.25, 0.3) is 10.1 Å². The number of likely N-dealkylation sites (tertiary alicyclic amines) is 3. The Hall–Kier alpha value is -5.84. The first-order valence-electron chi connectivity index (χ1n) is 26.4. The highest BCUT2D eigenvalue weighted by atomic mass is 32.2. The van der Waals surface area contributed by atoms with Gasteiger partial charge >= 0.3 is 6.09 Å². The first-order valence-corrected chi connectivity index (χ1v) is 27.8. The molecule has 2 aromatic carbocycles. The minimum atomic E-state index is -4.34. The lowest BCUT2D eigenvalue weighted by molar-refractivity contribution is -0.142. The Labute approximate surface area is 442 Å². The van der Waals surface area contributed by atoms with Gasteiger partial charge in [-0.25, -0.2) is 4.79 Å². The second-order valence-electron chi connectivity index (χ2n) is 21.8. The SMILES string of the molecule is CC(C)(C)OC(=O)NCCN1C(=O)C2C3C=CC(C3)C2C1=O.COCCOCCOCCOCCN1C(=O)C2C3C=CC(C3)C2C1=O.O=C1C2C3C=CC(C3)C2C(=O)N1CCNc1cccc2c(S(=O)(=O)O)cccc12. The van der Waals surface area contributed by atoms with Gasteiger partial charge in [0.15, 0.2) is 0 Å². The van der Waals surface area contributed by atoms with Crippen LogP contribution in [0.2, 0.25) is 0 Å². The predicted octanol–water partition coefficient (Wildman–Crippen LogP) is 4.11. The van der Waals surface area contributed by atoms with E-state index in [1.807, 2.05) is 0 Å². The van der Waals surface area contributed by atoms with Crippen molar-refractivity contribution in [2.75, 3.05) is 91.4 Å². The van der Waals surface area contributed by atoms with E-state index in [0.29, 0.717) is 75.8 Å². The minimum Gasteiger partial charge on any atom is -0.444 e. The van der Waals surface area contributed by atoms with Crippen LogP contribution in [0.15, 0.2) is 77.7 Å². The lowest BCUT2D eigenvalue weighted by Crippen LogP contribution is -2.41. The van der Waals surface area contributed by atoms with Gasteiger partial charge < -0.3 is 34.3 Å². The molecule has 6 bridgehead atoms. The molecule has 7 amide bonds. The van der Waals surface area contributed by atoms with Crippen LogP contribution in [-0.2, 0) is 62.6 Å². The highest BCUT2D eigenvalue weighted by molar-refractivity contribution is 7.86. The van der Waals surface area contributed by atoms with Crippen LogP contribution >= 0.6 is 0 Å². The molecule has 3 aliphatic heterocycles. The maximum absolute atomic E-state index is 12.7. The summed E-state index contributed by atoms with van der Waals surface area (Å²) in [6, 6.07) is 9.79. The van der Waals surface area contributed by atoms with Gasteiger partial charge in [0.05, 0.1) is 88.3 Å². The van der Waals surface area contributed by atoms with Crippen LogP contribution in [0.3, 0.4) is 0 Å². The molecule has 20 nitrogen and oxygen atoms in total. The molecule has 410 valence electrons. The van der Waals surface area contributed by atoms with Gasteiger partial charge in [-0.05, 0) is 87.7 Å². The molecule has 12 unspecified atom stereocenters. The van der Waals surface area contributed by atoms with Gasteiger partial charge in [0.1, 0.15) is 10.5 Å². The predicted molar refractivity (Wildman–Crippen MR) is 274 cm³/mol. The van der Waals surface area contributed by atoms with Crippen LogP contribution in [0.4, 0.5) is 10.5 Å². The van der Waals surface area contributed by atoms with Crippen molar-refractivity contribution in [3.05, 3.63) is 72.9 Å². The molecule has 3 saturated heterocycles. The van der Waals surface area contributed by atoms with E-state index < -0.39 is 21.8 Å². The zero-order chi connectivity index (χ0) is 54.1. The molecular formula is C55H69N5O15S. The number of fused-ring (bicyclic) bond motifs is 16. The Morgan fingerprint density at radius 1 is 0.553 bits per heavy atom. The van der Waals surface area contributed by atoms with E-state index in [4.69, 9.17) is 23.7 Å². The second-order valence-corrected chi connectivity index (χ2v) is 23.2. The third kappa shape index (κ3) is 11.3. The standard InChI is InChI=1S/C21H20N2O5S.C18H27NO6.C16H22N2O4/c24-20-18-12-7-8-13(11-12)19(18)21(25)23(20)10-9-22-16-5-1-4-15-14(16)3-2-6-17(15)29(26,27)28;1-22-6-7-24-10-11-25-9-8-23-5-4-19-17(20)15-13-2-3-14(12-13)16(15)18(19)21;1-16(2,3)22-15(21)17-6-7-18-13(19)11-9-4-5-10(8-9)12(11)14(18)20/h1-8,12-13,18-19,22H,9-11H2,(H,26,27,28);2-3,13-16H,4-12H2,1H3;4-5,9-12H,6-8H2,1-3H3,(H,17,21).